The van der Waals surface area contributed by atoms with Gasteiger partial charge >= 0.3 is 0 Å². The Balaban J connectivity index is 1.82. The van der Waals surface area contributed by atoms with Crippen LogP contribution >= 0.6 is 15.9 Å². The highest BCUT2D eigenvalue weighted by atomic mass is 79.9. The van der Waals surface area contributed by atoms with E-state index in [4.69, 9.17) is 0 Å². The summed E-state index contributed by atoms with van der Waals surface area (Å²) < 4.78 is 3.01. The Bertz CT molecular complexity index is 507. The highest BCUT2D eigenvalue weighted by molar-refractivity contribution is 9.10. The number of hydrogen-bond acceptors (Lipinski definition) is 3. The minimum atomic E-state index is 0.818. The van der Waals surface area contributed by atoms with Gasteiger partial charge in [-0.3, -0.25) is 9.67 Å². The van der Waals surface area contributed by atoms with Crippen LogP contribution in [-0.2, 0) is 20.0 Å². The smallest absolute Gasteiger partial charge is 0.0739 e. The van der Waals surface area contributed by atoms with Crippen molar-refractivity contribution in [1.82, 2.24) is 20.1 Å². The zero-order chi connectivity index (χ0) is 13.0. The molecule has 0 unspecified atom stereocenters. The van der Waals surface area contributed by atoms with Crippen LogP contribution in [0.1, 0.15) is 17.0 Å². The number of nitrogens with zero attached hydrogens (tertiary/aromatic N) is 3. The topological polar surface area (TPSA) is 42.7 Å². The molecule has 5 heteroatoms. The van der Waals surface area contributed by atoms with Crippen molar-refractivity contribution >= 4 is 15.9 Å². The first-order chi connectivity index (χ1) is 8.68. The van der Waals surface area contributed by atoms with Crippen molar-refractivity contribution in [3.63, 3.8) is 0 Å². The molecule has 2 heterocycles. The average molecular weight is 309 g/mol. The zero-order valence-electron chi connectivity index (χ0n) is 10.7. The normalized spacial score (nSPS) is 10.8. The quantitative estimate of drug-likeness (QED) is 0.861. The summed E-state index contributed by atoms with van der Waals surface area (Å²) >= 11 is 3.56. The van der Waals surface area contributed by atoms with E-state index in [1.807, 2.05) is 30.9 Å². The van der Waals surface area contributed by atoms with E-state index < -0.39 is 0 Å². The van der Waals surface area contributed by atoms with E-state index in [0.717, 1.165) is 29.7 Å². The van der Waals surface area contributed by atoms with E-state index in [0.29, 0.717) is 0 Å². The lowest BCUT2D eigenvalue weighted by atomic mass is 10.2. The third kappa shape index (κ3) is 3.17. The van der Waals surface area contributed by atoms with Crippen LogP contribution in [0, 0.1) is 6.92 Å². The molecule has 0 saturated carbocycles. The number of hydrogen-bond donors (Lipinski definition) is 1. The SMILES string of the molecule is Cc1nn(C)c(CNCCc2cccnc2)c1Br. The molecule has 0 radical (unpaired) electrons. The van der Waals surface area contributed by atoms with E-state index >= 15 is 0 Å². The lowest BCUT2D eigenvalue weighted by Gasteiger charge is -2.06. The number of halogens is 1. The van der Waals surface area contributed by atoms with Gasteiger partial charge in [-0.05, 0) is 47.4 Å². The fourth-order valence-electron chi connectivity index (χ4n) is 1.86. The Hall–Kier alpha value is -1.20. The molecular weight excluding hydrogens is 292 g/mol. The molecule has 0 aliphatic heterocycles. The molecule has 4 nitrogen and oxygen atoms in total. The summed E-state index contributed by atoms with van der Waals surface area (Å²) in [5.41, 5.74) is 3.46. The van der Waals surface area contributed by atoms with Crippen molar-refractivity contribution in [2.75, 3.05) is 6.54 Å². The Morgan fingerprint density at radius 2 is 2.28 bits per heavy atom. The summed E-state index contributed by atoms with van der Waals surface area (Å²) in [6, 6.07) is 4.06. The Kier molecular flexibility index (Phi) is 4.49. The maximum Gasteiger partial charge on any atom is 0.0739 e. The van der Waals surface area contributed by atoms with Gasteiger partial charge in [0.15, 0.2) is 0 Å². The molecule has 0 aliphatic rings. The first-order valence-electron chi connectivity index (χ1n) is 5.96. The maximum atomic E-state index is 4.37. The van der Waals surface area contributed by atoms with E-state index in [1.165, 1.54) is 11.3 Å². The molecular formula is C13H17BrN4. The lowest BCUT2D eigenvalue weighted by molar-refractivity contribution is 0.622. The highest BCUT2D eigenvalue weighted by Gasteiger charge is 2.09. The maximum absolute atomic E-state index is 4.37. The van der Waals surface area contributed by atoms with Gasteiger partial charge in [0.1, 0.15) is 0 Å². The predicted octanol–water partition coefficient (Wildman–Crippen LogP) is 2.22. The van der Waals surface area contributed by atoms with Crippen molar-refractivity contribution in [3.05, 3.63) is 46.0 Å². The van der Waals surface area contributed by atoms with Gasteiger partial charge in [0.25, 0.3) is 0 Å². The lowest BCUT2D eigenvalue weighted by Crippen LogP contribution is -2.18. The highest BCUT2D eigenvalue weighted by Crippen LogP contribution is 2.19. The molecule has 0 aliphatic carbocycles. The Morgan fingerprint density at radius 1 is 1.44 bits per heavy atom. The predicted molar refractivity (Wildman–Crippen MR) is 75.3 cm³/mol. The third-order valence-corrected chi connectivity index (χ3v) is 3.90. The van der Waals surface area contributed by atoms with Crippen LogP contribution in [0.3, 0.4) is 0 Å². The molecule has 0 bridgehead atoms. The molecule has 0 atom stereocenters. The van der Waals surface area contributed by atoms with Crippen molar-refractivity contribution in [2.45, 2.75) is 19.9 Å². The van der Waals surface area contributed by atoms with Crippen LogP contribution < -0.4 is 5.32 Å². The second-order valence-corrected chi connectivity index (χ2v) is 5.05. The summed E-state index contributed by atoms with van der Waals surface area (Å²) in [5.74, 6) is 0. The van der Waals surface area contributed by atoms with Crippen LogP contribution in [0.4, 0.5) is 0 Å². The molecule has 0 amide bonds. The van der Waals surface area contributed by atoms with E-state index in [2.05, 4.69) is 37.4 Å². The van der Waals surface area contributed by atoms with E-state index in [1.54, 1.807) is 6.20 Å². The molecule has 2 rings (SSSR count). The molecule has 0 spiro atoms. The number of aromatic nitrogens is 3. The summed E-state index contributed by atoms with van der Waals surface area (Å²) in [7, 11) is 1.97. The molecule has 0 aromatic carbocycles. The minimum absolute atomic E-state index is 0.818. The van der Waals surface area contributed by atoms with Crippen LogP contribution in [-0.4, -0.2) is 21.3 Å². The van der Waals surface area contributed by atoms with Crippen LogP contribution in [0.25, 0.3) is 0 Å². The molecule has 18 heavy (non-hydrogen) atoms. The molecule has 2 aromatic rings. The van der Waals surface area contributed by atoms with Gasteiger partial charge in [-0.1, -0.05) is 6.07 Å². The van der Waals surface area contributed by atoms with Gasteiger partial charge < -0.3 is 5.32 Å². The summed E-state index contributed by atoms with van der Waals surface area (Å²) in [5, 5.41) is 7.79. The number of aryl methyl sites for hydroxylation is 2. The van der Waals surface area contributed by atoms with Crippen molar-refractivity contribution in [1.29, 1.82) is 0 Å². The van der Waals surface area contributed by atoms with Crippen LogP contribution in [0.15, 0.2) is 29.0 Å². The molecule has 2 aromatic heterocycles. The number of nitrogens with one attached hydrogen (secondary N) is 1. The minimum Gasteiger partial charge on any atom is -0.311 e. The van der Waals surface area contributed by atoms with Gasteiger partial charge in [-0.25, -0.2) is 0 Å². The Labute approximate surface area is 116 Å². The fraction of sp³-hybridized carbons (Fsp3) is 0.385. The summed E-state index contributed by atoms with van der Waals surface area (Å²) in [6.07, 6.45) is 4.70. The summed E-state index contributed by atoms with van der Waals surface area (Å²) in [6.45, 7) is 3.75. The van der Waals surface area contributed by atoms with E-state index in [-0.39, 0.29) is 0 Å². The molecule has 1 N–H and O–H groups in total. The largest absolute Gasteiger partial charge is 0.311 e. The van der Waals surface area contributed by atoms with Gasteiger partial charge in [0.2, 0.25) is 0 Å². The number of rotatable bonds is 5. The summed E-state index contributed by atoms with van der Waals surface area (Å²) in [4.78, 5) is 4.10. The van der Waals surface area contributed by atoms with Gasteiger partial charge in [-0.15, -0.1) is 0 Å². The van der Waals surface area contributed by atoms with Crippen LogP contribution in [0.2, 0.25) is 0 Å². The second kappa shape index (κ2) is 6.11. The fourth-order valence-corrected chi connectivity index (χ4v) is 2.33. The average Bonchev–Trinajstić information content (AvgIpc) is 2.61. The van der Waals surface area contributed by atoms with Crippen LogP contribution in [0.5, 0.6) is 0 Å². The van der Waals surface area contributed by atoms with Gasteiger partial charge in [0, 0.05) is 26.0 Å². The van der Waals surface area contributed by atoms with E-state index in [9.17, 15) is 0 Å². The molecule has 0 saturated heterocycles. The van der Waals surface area contributed by atoms with Gasteiger partial charge in [-0.2, -0.15) is 5.10 Å². The molecule has 0 fully saturated rings. The van der Waals surface area contributed by atoms with Crippen molar-refractivity contribution in [2.24, 2.45) is 7.05 Å². The first kappa shape index (κ1) is 13.2. The second-order valence-electron chi connectivity index (χ2n) is 4.26. The molecule has 96 valence electrons. The standard InChI is InChI=1S/C13H17BrN4/c1-10-13(14)12(18(2)17-10)9-16-7-5-11-4-3-6-15-8-11/h3-4,6,8,16H,5,7,9H2,1-2H3. The first-order valence-corrected chi connectivity index (χ1v) is 6.75. The Morgan fingerprint density at radius 3 is 2.89 bits per heavy atom. The van der Waals surface area contributed by atoms with Crippen molar-refractivity contribution < 1.29 is 0 Å². The monoisotopic (exact) mass is 308 g/mol. The van der Waals surface area contributed by atoms with Crippen molar-refractivity contribution in [3.8, 4) is 0 Å². The number of pyridine rings is 1. The van der Waals surface area contributed by atoms with Gasteiger partial charge in [0.05, 0.1) is 15.9 Å². The third-order valence-electron chi connectivity index (χ3n) is 2.87. The zero-order valence-corrected chi connectivity index (χ0v) is 12.2.